The number of imidazole rings is 1. The number of aryl methyl sites for hydroxylation is 1. The Morgan fingerprint density at radius 2 is 2.00 bits per heavy atom. The second-order valence-corrected chi connectivity index (χ2v) is 7.89. The molecule has 3 aromatic heterocycles. The molecule has 0 bridgehead atoms. The Hall–Kier alpha value is -4.40. The van der Waals surface area contributed by atoms with Gasteiger partial charge in [0.15, 0.2) is 0 Å². The molecule has 0 saturated heterocycles. The normalized spacial score (nSPS) is 12.2. The quantitative estimate of drug-likeness (QED) is 0.372. The smallest absolute Gasteiger partial charge is 0.330 e. The number of carbonyl (C=O) groups excluding carboxylic acids is 1. The van der Waals surface area contributed by atoms with Crippen LogP contribution in [-0.2, 0) is 11.2 Å². The Balaban J connectivity index is 1.47. The maximum Gasteiger partial charge on any atom is 0.330 e. The SMILES string of the molecule is CC(=O)N[C@@H](Cc1c[nH]c2ccccc12)c1nc(-c2cccc(-n3c(C)c[nH]c3=O)c2)no1. The lowest BCUT2D eigenvalue weighted by molar-refractivity contribution is -0.119. The maximum atomic E-state index is 12.1. The van der Waals surface area contributed by atoms with E-state index in [4.69, 9.17) is 4.52 Å². The number of aromatic nitrogens is 5. The van der Waals surface area contributed by atoms with Gasteiger partial charge in [0.25, 0.3) is 0 Å². The molecule has 33 heavy (non-hydrogen) atoms. The van der Waals surface area contributed by atoms with Gasteiger partial charge in [0.1, 0.15) is 6.04 Å². The lowest BCUT2D eigenvalue weighted by atomic mass is 10.0. The first-order valence-corrected chi connectivity index (χ1v) is 10.5. The molecule has 0 aliphatic heterocycles. The fourth-order valence-corrected chi connectivity index (χ4v) is 4.02. The number of rotatable bonds is 6. The van der Waals surface area contributed by atoms with Gasteiger partial charge < -0.3 is 19.8 Å². The van der Waals surface area contributed by atoms with Crippen molar-refractivity contribution in [1.29, 1.82) is 0 Å². The molecule has 0 unspecified atom stereocenters. The molecule has 0 aliphatic carbocycles. The van der Waals surface area contributed by atoms with Crippen LogP contribution < -0.4 is 11.0 Å². The van der Waals surface area contributed by atoms with E-state index in [-0.39, 0.29) is 11.6 Å². The molecule has 0 radical (unpaired) electrons. The maximum absolute atomic E-state index is 12.1. The highest BCUT2D eigenvalue weighted by Crippen LogP contribution is 2.26. The lowest BCUT2D eigenvalue weighted by Crippen LogP contribution is -2.27. The Morgan fingerprint density at radius 1 is 1.15 bits per heavy atom. The van der Waals surface area contributed by atoms with Crippen molar-refractivity contribution in [1.82, 2.24) is 30.0 Å². The third-order valence-corrected chi connectivity index (χ3v) is 5.54. The van der Waals surface area contributed by atoms with Gasteiger partial charge in [0.2, 0.25) is 17.6 Å². The van der Waals surface area contributed by atoms with Crippen LogP contribution in [0.3, 0.4) is 0 Å². The van der Waals surface area contributed by atoms with Crippen LogP contribution in [-0.4, -0.2) is 30.6 Å². The largest absolute Gasteiger partial charge is 0.361 e. The number of nitrogens with zero attached hydrogens (tertiary/aromatic N) is 3. The number of fused-ring (bicyclic) bond motifs is 1. The monoisotopic (exact) mass is 442 g/mol. The number of carbonyl (C=O) groups is 1. The fourth-order valence-electron chi connectivity index (χ4n) is 4.02. The van der Waals surface area contributed by atoms with E-state index < -0.39 is 6.04 Å². The van der Waals surface area contributed by atoms with Crippen molar-refractivity contribution < 1.29 is 9.32 Å². The van der Waals surface area contributed by atoms with Crippen LogP contribution >= 0.6 is 0 Å². The molecule has 5 aromatic rings. The highest BCUT2D eigenvalue weighted by atomic mass is 16.5. The molecule has 1 atom stereocenters. The minimum absolute atomic E-state index is 0.191. The van der Waals surface area contributed by atoms with Crippen LogP contribution in [0.25, 0.3) is 28.0 Å². The summed E-state index contributed by atoms with van der Waals surface area (Å²) in [5.41, 5.74) is 4.02. The van der Waals surface area contributed by atoms with Gasteiger partial charge in [0.05, 0.1) is 5.69 Å². The van der Waals surface area contributed by atoms with Crippen LogP contribution in [0.5, 0.6) is 0 Å². The Bertz CT molecular complexity index is 1510. The van der Waals surface area contributed by atoms with Crippen molar-refractivity contribution in [3.05, 3.63) is 88.6 Å². The number of nitrogens with one attached hydrogen (secondary N) is 3. The number of para-hydroxylation sites is 1. The summed E-state index contributed by atoms with van der Waals surface area (Å²) in [6.45, 7) is 3.31. The van der Waals surface area contributed by atoms with E-state index in [2.05, 4.69) is 25.4 Å². The van der Waals surface area contributed by atoms with Crippen molar-refractivity contribution in [2.45, 2.75) is 26.3 Å². The molecule has 3 heterocycles. The third-order valence-electron chi connectivity index (χ3n) is 5.54. The second-order valence-electron chi connectivity index (χ2n) is 7.89. The molecule has 1 amide bonds. The van der Waals surface area contributed by atoms with Crippen LogP contribution in [0.1, 0.15) is 30.1 Å². The van der Waals surface area contributed by atoms with Crippen molar-refractivity contribution in [2.24, 2.45) is 0 Å². The van der Waals surface area contributed by atoms with E-state index in [9.17, 15) is 9.59 Å². The second kappa shape index (κ2) is 8.27. The van der Waals surface area contributed by atoms with E-state index in [1.807, 2.05) is 61.7 Å². The van der Waals surface area contributed by atoms with Gasteiger partial charge in [-0.1, -0.05) is 35.5 Å². The zero-order valence-electron chi connectivity index (χ0n) is 18.1. The average Bonchev–Trinajstić information content (AvgIpc) is 3.53. The molecule has 9 heteroatoms. The zero-order chi connectivity index (χ0) is 22.9. The molecule has 0 spiro atoms. The predicted molar refractivity (Wildman–Crippen MR) is 123 cm³/mol. The van der Waals surface area contributed by atoms with Crippen molar-refractivity contribution in [2.75, 3.05) is 0 Å². The van der Waals surface area contributed by atoms with Crippen LogP contribution in [0.2, 0.25) is 0 Å². The summed E-state index contributed by atoms with van der Waals surface area (Å²) in [4.78, 5) is 34.5. The summed E-state index contributed by atoms with van der Waals surface area (Å²) >= 11 is 0. The Morgan fingerprint density at radius 3 is 2.79 bits per heavy atom. The van der Waals surface area contributed by atoms with Crippen LogP contribution in [0.15, 0.2) is 70.2 Å². The summed E-state index contributed by atoms with van der Waals surface area (Å²) in [7, 11) is 0. The summed E-state index contributed by atoms with van der Waals surface area (Å²) in [5.74, 6) is 0.497. The molecule has 0 fully saturated rings. The predicted octanol–water partition coefficient (Wildman–Crippen LogP) is 3.43. The van der Waals surface area contributed by atoms with E-state index in [1.165, 1.54) is 6.92 Å². The van der Waals surface area contributed by atoms with Gasteiger partial charge in [0, 0.05) is 47.9 Å². The number of hydrogen-bond donors (Lipinski definition) is 3. The molecular weight excluding hydrogens is 420 g/mol. The summed E-state index contributed by atoms with van der Waals surface area (Å²) < 4.78 is 7.13. The highest BCUT2D eigenvalue weighted by Gasteiger charge is 2.23. The Labute approximate surface area is 188 Å². The molecule has 5 rings (SSSR count). The Kier molecular flexibility index (Phi) is 5.14. The number of hydrogen-bond acceptors (Lipinski definition) is 5. The molecule has 3 N–H and O–H groups in total. The first-order valence-electron chi connectivity index (χ1n) is 10.5. The average molecular weight is 442 g/mol. The van der Waals surface area contributed by atoms with E-state index in [1.54, 1.807) is 10.8 Å². The van der Waals surface area contributed by atoms with Gasteiger partial charge in [-0.2, -0.15) is 4.98 Å². The number of amides is 1. The minimum atomic E-state index is -0.485. The van der Waals surface area contributed by atoms with Gasteiger partial charge in [-0.15, -0.1) is 0 Å². The zero-order valence-corrected chi connectivity index (χ0v) is 18.1. The summed E-state index contributed by atoms with van der Waals surface area (Å²) in [6, 6.07) is 14.8. The number of benzene rings is 2. The highest BCUT2D eigenvalue weighted by molar-refractivity contribution is 5.83. The van der Waals surface area contributed by atoms with Crippen LogP contribution in [0.4, 0.5) is 0 Å². The topological polar surface area (TPSA) is 122 Å². The van der Waals surface area contributed by atoms with E-state index >= 15 is 0 Å². The van der Waals surface area contributed by atoms with Gasteiger partial charge in [-0.05, 0) is 30.7 Å². The molecule has 0 aliphatic rings. The van der Waals surface area contributed by atoms with Crippen LogP contribution in [0, 0.1) is 6.92 Å². The van der Waals surface area contributed by atoms with Crippen molar-refractivity contribution >= 4 is 16.8 Å². The standard InChI is InChI=1S/C24H22N6O3/c1-14-12-26-24(32)30(14)18-7-5-6-16(10-18)22-28-23(33-29-22)21(27-15(2)31)11-17-13-25-20-9-4-3-8-19(17)20/h3-10,12-13,21,25H,11H2,1-2H3,(H,26,32)(H,27,31)/t21-/m0/s1. The van der Waals surface area contributed by atoms with Crippen molar-refractivity contribution in [3.8, 4) is 17.1 Å². The van der Waals surface area contributed by atoms with E-state index in [0.717, 1.165) is 22.2 Å². The van der Waals surface area contributed by atoms with Crippen molar-refractivity contribution in [3.63, 3.8) is 0 Å². The van der Waals surface area contributed by atoms with Gasteiger partial charge in [-0.25, -0.2) is 4.79 Å². The first kappa shape index (κ1) is 20.5. The number of aromatic amines is 2. The number of H-pyrrole nitrogens is 2. The van der Waals surface area contributed by atoms with Gasteiger partial charge in [-0.3, -0.25) is 9.36 Å². The minimum Gasteiger partial charge on any atom is -0.361 e. The van der Waals surface area contributed by atoms with E-state index in [0.29, 0.717) is 29.4 Å². The first-order chi connectivity index (χ1) is 16.0. The van der Waals surface area contributed by atoms with Gasteiger partial charge >= 0.3 is 5.69 Å². The summed E-state index contributed by atoms with van der Waals surface area (Å²) in [5, 5.41) is 8.12. The molecule has 0 saturated carbocycles. The fraction of sp³-hybridized carbons (Fsp3) is 0.167. The summed E-state index contributed by atoms with van der Waals surface area (Å²) in [6.07, 6.45) is 4.07. The third kappa shape index (κ3) is 3.96. The lowest BCUT2D eigenvalue weighted by Gasteiger charge is -2.13. The molecule has 9 nitrogen and oxygen atoms in total. The molecule has 166 valence electrons. The molecular formula is C24H22N6O3. The molecule has 2 aromatic carbocycles.